The summed E-state index contributed by atoms with van der Waals surface area (Å²) in [6.07, 6.45) is 5.01. The highest BCUT2D eigenvalue weighted by atomic mass is 16.2. The van der Waals surface area contributed by atoms with Crippen molar-refractivity contribution in [1.82, 2.24) is 4.90 Å². The highest BCUT2D eigenvalue weighted by Gasteiger charge is 2.60. The monoisotopic (exact) mass is 338 g/mol. The Hall–Kier alpha value is -2.43. The number of rotatable bonds is 3. The molecule has 0 aromatic heterocycles. The molecule has 25 heavy (non-hydrogen) atoms. The third-order valence-corrected chi connectivity index (χ3v) is 5.92. The lowest BCUT2D eigenvalue weighted by Crippen LogP contribution is -2.46. The summed E-state index contributed by atoms with van der Waals surface area (Å²) in [5, 5.41) is 2.87. The predicted molar refractivity (Wildman–Crippen MR) is 93.6 cm³/mol. The summed E-state index contributed by atoms with van der Waals surface area (Å²) in [7, 11) is 0. The highest BCUT2D eigenvalue weighted by Crippen LogP contribution is 2.52. The summed E-state index contributed by atoms with van der Waals surface area (Å²) in [5.74, 6) is -0.907. The number of nitrogens with one attached hydrogen (secondary N) is 1. The molecule has 2 aliphatic carbocycles. The van der Waals surface area contributed by atoms with Crippen LogP contribution in [0.2, 0.25) is 0 Å². The van der Waals surface area contributed by atoms with Gasteiger partial charge in [-0.25, -0.2) is 0 Å². The van der Waals surface area contributed by atoms with Crippen LogP contribution in [0.3, 0.4) is 0 Å². The van der Waals surface area contributed by atoms with Gasteiger partial charge in [0.25, 0.3) is 0 Å². The van der Waals surface area contributed by atoms with Crippen molar-refractivity contribution in [1.29, 1.82) is 0 Å². The second-order valence-corrected chi connectivity index (χ2v) is 7.53. The number of aryl methyl sites for hydroxylation is 2. The normalized spacial score (nSPS) is 30.8. The smallest absolute Gasteiger partial charge is 0.247 e. The Morgan fingerprint density at radius 3 is 2.32 bits per heavy atom. The molecule has 3 amide bonds. The summed E-state index contributed by atoms with van der Waals surface area (Å²) >= 11 is 0. The number of carbonyl (C=O) groups is 3. The zero-order chi connectivity index (χ0) is 17.9. The molecule has 1 aromatic rings. The molecule has 5 nitrogen and oxygen atoms in total. The number of hydrogen-bond acceptors (Lipinski definition) is 3. The van der Waals surface area contributed by atoms with Crippen LogP contribution < -0.4 is 5.32 Å². The Morgan fingerprint density at radius 1 is 1.12 bits per heavy atom. The van der Waals surface area contributed by atoms with Gasteiger partial charge in [0.15, 0.2) is 0 Å². The summed E-state index contributed by atoms with van der Waals surface area (Å²) in [4.78, 5) is 39.5. The number of benzene rings is 1. The first-order valence-corrected chi connectivity index (χ1v) is 8.82. The molecule has 3 aliphatic rings. The topological polar surface area (TPSA) is 66.5 Å². The summed E-state index contributed by atoms with van der Waals surface area (Å²) in [6.45, 7) is 5.50. The van der Waals surface area contributed by atoms with Gasteiger partial charge >= 0.3 is 0 Å². The Kier molecular flexibility index (Phi) is 3.56. The molecule has 5 atom stereocenters. The fourth-order valence-electron chi connectivity index (χ4n) is 4.53. The van der Waals surface area contributed by atoms with Gasteiger partial charge in [-0.3, -0.25) is 19.3 Å². The first-order valence-electron chi connectivity index (χ1n) is 8.82. The second-order valence-electron chi connectivity index (χ2n) is 7.53. The van der Waals surface area contributed by atoms with Crippen LogP contribution in [0.5, 0.6) is 0 Å². The van der Waals surface area contributed by atoms with E-state index in [2.05, 4.69) is 17.5 Å². The SMILES string of the molecule is Cc1ccc(C)c(NC(=O)C(C)N2C(=O)C3C4C=CC(C4)C3C2=O)c1. The van der Waals surface area contributed by atoms with Crippen LogP contribution in [0.25, 0.3) is 0 Å². The number of fused-ring (bicyclic) bond motifs is 5. The van der Waals surface area contributed by atoms with E-state index in [0.717, 1.165) is 23.2 Å². The molecule has 1 N–H and O–H groups in total. The van der Waals surface area contributed by atoms with Crippen molar-refractivity contribution >= 4 is 23.4 Å². The summed E-state index contributed by atoms with van der Waals surface area (Å²) < 4.78 is 0. The van der Waals surface area contributed by atoms with Gasteiger partial charge in [0.1, 0.15) is 6.04 Å². The van der Waals surface area contributed by atoms with Gasteiger partial charge in [-0.1, -0.05) is 24.3 Å². The van der Waals surface area contributed by atoms with Crippen molar-refractivity contribution in [2.24, 2.45) is 23.7 Å². The maximum atomic E-state index is 12.8. The maximum absolute atomic E-state index is 12.8. The molecule has 130 valence electrons. The lowest BCUT2D eigenvalue weighted by molar-refractivity contribution is -0.146. The molecule has 1 aliphatic heterocycles. The van der Waals surface area contributed by atoms with E-state index in [1.54, 1.807) is 6.92 Å². The maximum Gasteiger partial charge on any atom is 0.247 e. The van der Waals surface area contributed by atoms with E-state index in [-0.39, 0.29) is 41.4 Å². The van der Waals surface area contributed by atoms with Gasteiger partial charge in [-0.2, -0.15) is 0 Å². The van der Waals surface area contributed by atoms with Gasteiger partial charge in [0.2, 0.25) is 17.7 Å². The largest absolute Gasteiger partial charge is 0.324 e. The van der Waals surface area contributed by atoms with Crippen LogP contribution in [-0.2, 0) is 14.4 Å². The number of imide groups is 1. The van der Waals surface area contributed by atoms with Crippen molar-refractivity contribution in [2.75, 3.05) is 5.32 Å². The molecule has 4 rings (SSSR count). The van der Waals surface area contributed by atoms with Gasteiger partial charge in [0.05, 0.1) is 11.8 Å². The molecule has 1 aromatic carbocycles. The molecule has 5 heteroatoms. The molecule has 2 fully saturated rings. The standard InChI is InChI=1S/C20H22N2O3/c1-10-4-5-11(2)15(8-10)21-18(23)12(3)22-19(24)16-13-6-7-14(9-13)17(16)20(22)25/h4-8,12-14,16-17H,9H2,1-3H3,(H,21,23). The van der Waals surface area contributed by atoms with Crippen molar-refractivity contribution in [2.45, 2.75) is 33.2 Å². The first-order chi connectivity index (χ1) is 11.9. The lowest BCUT2D eigenvalue weighted by Gasteiger charge is -2.24. The van der Waals surface area contributed by atoms with Gasteiger partial charge in [0, 0.05) is 5.69 Å². The third kappa shape index (κ3) is 2.33. The Labute approximate surface area is 147 Å². The van der Waals surface area contributed by atoms with Gasteiger partial charge in [-0.15, -0.1) is 0 Å². The van der Waals surface area contributed by atoms with Crippen LogP contribution >= 0.6 is 0 Å². The molecule has 1 saturated heterocycles. The predicted octanol–water partition coefficient (Wildman–Crippen LogP) is 2.44. The Balaban J connectivity index is 1.54. The average molecular weight is 338 g/mol. The molecular weight excluding hydrogens is 316 g/mol. The quantitative estimate of drug-likeness (QED) is 0.680. The summed E-state index contributed by atoms with van der Waals surface area (Å²) in [6, 6.07) is 5.01. The number of anilines is 1. The van der Waals surface area contributed by atoms with Gasteiger partial charge in [-0.05, 0) is 56.2 Å². The van der Waals surface area contributed by atoms with Gasteiger partial charge < -0.3 is 5.32 Å². The van der Waals surface area contributed by atoms with E-state index in [4.69, 9.17) is 0 Å². The van der Waals surface area contributed by atoms with E-state index < -0.39 is 6.04 Å². The Bertz CT molecular complexity index is 783. The zero-order valence-electron chi connectivity index (χ0n) is 14.7. The number of hydrogen-bond donors (Lipinski definition) is 1. The van der Waals surface area contributed by atoms with Crippen LogP contribution in [0.15, 0.2) is 30.4 Å². The van der Waals surface area contributed by atoms with Crippen molar-refractivity contribution < 1.29 is 14.4 Å². The second kappa shape index (κ2) is 5.55. The summed E-state index contributed by atoms with van der Waals surface area (Å²) in [5.41, 5.74) is 2.71. The van der Waals surface area contributed by atoms with Crippen LogP contribution in [-0.4, -0.2) is 28.7 Å². The number of likely N-dealkylation sites (tertiary alicyclic amines) is 1. The van der Waals surface area contributed by atoms with Crippen molar-refractivity contribution in [3.8, 4) is 0 Å². The van der Waals surface area contributed by atoms with E-state index in [1.165, 1.54) is 4.90 Å². The van der Waals surface area contributed by atoms with Crippen molar-refractivity contribution in [3.63, 3.8) is 0 Å². The highest BCUT2D eigenvalue weighted by molar-refractivity contribution is 6.10. The molecule has 0 spiro atoms. The minimum absolute atomic E-state index is 0.158. The number of carbonyl (C=O) groups excluding carboxylic acids is 3. The minimum atomic E-state index is -0.801. The van der Waals surface area contributed by atoms with Crippen LogP contribution in [0.1, 0.15) is 24.5 Å². The molecule has 0 radical (unpaired) electrons. The molecule has 1 saturated carbocycles. The first kappa shape index (κ1) is 16.1. The number of nitrogens with zero attached hydrogens (tertiary/aromatic N) is 1. The third-order valence-electron chi connectivity index (χ3n) is 5.92. The van der Waals surface area contributed by atoms with E-state index in [0.29, 0.717) is 0 Å². The Morgan fingerprint density at radius 2 is 1.72 bits per heavy atom. The van der Waals surface area contributed by atoms with E-state index in [9.17, 15) is 14.4 Å². The molecular formula is C20H22N2O3. The van der Waals surface area contributed by atoms with E-state index in [1.807, 2.05) is 32.0 Å². The zero-order valence-corrected chi connectivity index (χ0v) is 14.7. The van der Waals surface area contributed by atoms with Crippen LogP contribution in [0, 0.1) is 37.5 Å². The number of amides is 3. The van der Waals surface area contributed by atoms with E-state index >= 15 is 0 Å². The number of allylic oxidation sites excluding steroid dienone is 2. The fraction of sp³-hybridized carbons (Fsp3) is 0.450. The molecule has 5 unspecified atom stereocenters. The lowest BCUT2D eigenvalue weighted by atomic mass is 9.85. The average Bonchev–Trinajstić information content (AvgIpc) is 3.24. The molecule has 2 bridgehead atoms. The molecule has 1 heterocycles. The van der Waals surface area contributed by atoms with Crippen molar-refractivity contribution in [3.05, 3.63) is 41.5 Å². The van der Waals surface area contributed by atoms with Crippen LogP contribution in [0.4, 0.5) is 5.69 Å². The fourth-order valence-corrected chi connectivity index (χ4v) is 4.53. The minimum Gasteiger partial charge on any atom is -0.324 e.